The normalized spacial score (nSPS) is 20.2. The number of rotatable bonds is 0. The molecule has 1 aromatic rings. The van der Waals surface area contributed by atoms with Crippen LogP contribution in [0.5, 0.6) is 11.5 Å². The predicted octanol–water partition coefficient (Wildman–Crippen LogP) is 0.557. The van der Waals surface area contributed by atoms with Gasteiger partial charge in [-0.05, 0) is 6.07 Å². The minimum absolute atomic E-state index is 0.171. The maximum Gasteiger partial charge on any atom is 0.159 e. The molecule has 1 atom stereocenters. The minimum Gasteiger partial charge on any atom is -0.504 e. The first-order valence-corrected chi connectivity index (χ1v) is 3.66. The number of benzene rings is 1. The molecule has 1 heterocycles. The van der Waals surface area contributed by atoms with Crippen molar-refractivity contribution in [2.24, 2.45) is 0 Å². The van der Waals surface area contributed by atoms with Crippen LogP contribution in [0.15, 0.2) is 12.1 Å². The molecule has 4 nitrogen and oxygen atoms in total. The molecule has 0 saturated heterocycles. The Labute approximate surface area is 69.1 Å². The van der Waals surface area contributed by atoms with E-state index in [4.69, 9.17) is 10.2 Å². The van der Waals surface area contributed by atoms with Crippen molar-refractivity contribution >= 4 is 5.69 Å². The van der Waals surface area contributed by atoms with E-state index in [0.29, 0.717) is 17.8 Å². The summed E-state index contributed by atoms with van der Waals surface area (Å²) in [5.41, 5.74) is 1.31. The Bertz CT molecular complexity index is 324. The van der Waals surface area contributed by atoms with Crippen LogP contribution >= 0.6 is 0 Å². The summed E-state index contributed by atoms with van der Waals surface area (Å²) in [6.45, 7) is 0.429. The summed E-state index contributed by atoms with van der Waals surface area (Å²) in [5.74, 6) is -0.369. The van der Waals surface area contributed by atoms with Crippen LogP contribution in [0.1, 0.15) is 11.7 Å². The molecule has 4 heteroatoms. The lowest BCUT2D eigenvalue weighted by Crippen LogP contribution is -1.98. The van der Waals surface area contributed by atoms with Gasteiger partial charge in [0, 0.05) is 23.9 Å². The first-order valence-electron chi connectivity index (χ1n) is 3.66. The molecule has 0 amide bonds. The van der Waals surface area contributed by atoms with Crippen molar-refractivity contribution in [1.29, 1.82) is 0 Å². The second kappa shape index (κ2) is 2.28. The van der Waals surface area contributed by atoms with Crippen LogP contribution in [0.3, 0.4) is 0 Å². The molecule has 64 valence electrons. The highest BCUT2D eigenvalue weighted by Crippen LogP contribution is 2.37. The van der Waals surface area contributed by atoms with Gasteiger partial charge in [-0.3, -0.25) is 0 Å². The number of phenols is 2. The van der Waals surface area contributed by atoms with Crippen molar-refractivity contribution in [2.75, 3.05) is 11.9 Å². The number of fused-ring (bicyclic) bond motifs is 1. The lowest BCUT2D eigenvalue weighted by atomic mass is 10.1. The summed E-state index contributed by atoms with van der Waals surface area (Å²) in [6.07, 6.45) is -0.591. The van der Waals surface area contributed by atoms with Crippen LogP contribution in [-0.2, 0) is 0 Å². The zero-order chi connectivity index (χ0) is 8.72. The molecule has 0 spiro atoms. The van der Waals surface area contributed by atoms with Crippen LogP contribution < -0.4 is 5.32 Å². The fourth-order valence-electron chi connectivity index (χ4n) is 1.34. The van der Waals surface area contributed by atoms with Gasteiger partial charge in [0.15, 0.2) is 11.5 Å². The first kappa shape index (κ1) is 7.24. The zero-order valence-electron chi connectivity index (χ0n) is 6.28. The van der Waals surface area contributed by atoms with E-state index in [0.717, 1.165) is 0 Å². The van der Waals surface area contributed by atoms with Crippen molar-refractivity contribution in [1.82, 2.24) is 0 Å². The fraction of sp³-hybridized carbons (Fsp3) is 0.250. The smallest absolute Gasteiger partial charge is 0.159 e. The number of phenolic OH excluding ortho intramolecular Hbond substituents is 2. The maximum atomic E-state index is 9.34. The van der Waals surface area contributed by atoms with E-state index in [9.17, 15) is 5.11 Å². The molecule has 1 unspecified atom stereocenters. The van der Waals surface area contributed by atoms with Crippen molar-refractivity contribution < 1.29 is 15.3 Å². The summed E-state index contributed by atoms with van der Waals surface area (Å²) >= 11 is 0. The van der Waals surface area contributed by atoms with Gasteiger partial charge in [-0.1, -0.05) is 0 Å². The monoisotopic (exact) mass is 167 g/mol. The maximum absolute atomic E-state index is 9.34. The van der Waals surface area contributed by atoms with Crippen molar-refractivity contribution in [3.63, 3.8) is 0 Å². The molecular formula is C8H9NO3. The average molecular weight is 167 g/mol. The van der Waals surface area contributed by atoms with Crippen LogP contribution in [0.4, 0.5) is 5.69 Å². The summed E-state index contributed by atoms with van der Waals surface area (Å²) in [6, 6.07) is 2.77. The Hall–Kier alpha value is -1.42. The molecule has 1 aromatic carbocycles. The average Bonchev–Trinajstić information content (AvgIpc) is 2.35. The number of aliphatic hydroxyl groups is 1. The van der Waals surface area contributed by atoms with Crippen LogP contribution in [0, 0.1) is 0 Å². The molecule has 0 aliphatic carbocycles. The molecule has 2 rings (SSSR count). The second-order valence-electron chi connectivity index (χ2n) is 2.82. The lowest BCUT2D eigenvalue weighted by Gasteiger charge is -2.03. The Morgan fingerprint density at radius 3 is 2.67 bits per heavy atom. The first-order chi connectivity index (χ1) is 5.68. The van der Waals surface area contributed by atoms with Crippen LogP contribution in [-0.4, -0.2) is 21.9 Å². The van der Waals surface area contributed by atoms with Gasteiger partial charge in [0.05, 0.1) is 6.10 Å². The molecular weight excluding hydrogens is 158 g/mol. The highest BCUT2D eigenvalue weighted by atomic mass is 16.3. The molecule has 0 radical (unpaired) electrons. The van der Waals surface area contributed by atoms with Crippen molar-refractivity contribution in [3.05, 3.63) is 17.7 Å². The summed E-state index contributed by atoms with van der Waals surface area (Å²) in [4.78, 5) is 0. The van der Waals surface area contributed by atoms with Gasteiger partial charge in [0.1, 0.15) is 0 Å². The Morgan fingerprint density at radius 1 is 1.25 bits per heavy atom. The van der Waals surface area contributed by atoms with Gasteiger partial charge in [-0.15, -0.1) is 0 Å². The van der Waals surface area contributed by atoms with E-state index < -0.39 is 6.10 Å². The molecule has 0 bridgehead atoms. The second-order valence-corrected chi connectivity index (χ2v) is 2.82. The summed E-state index contributed by atoms with van der Waals surface area (Å²) in [5, 5.41) is 30.4. The van der Waals surface area contributed by atoms with Gasteiger partial charge in [-0.25, -0.2) is 0 Å². The van der Waals surface area contributed by atoms with E-state index >= 15 is 0 Å². The fourth-order valence-corrected chi connectivity index (χ4v) is 1.34. The Kier molecular flexibility index (Phi) is 1.38. The number of aromatic hydroxyl groups is 2. The third-order valence-electron chi connectivity index (χ3n) is 1.99. The topological polar surface area (TPSA) is 72.7 Å². The van der Waals surface area contributed by atoms with Gasteiger partial charge >= 0.3 is 0 Å². The molecule has 12 heavy (non-hydrogen) atoms. The van der Waals surface area contributed by atoms with E-state index in [1.165, 1.54) is 12.1 Å². The lowest BCUT2D eigenvalue weighted by molar-refractivity contribution is 0.199. The molecule has 0 fully saturated rings. The number of hydrogen-bond donors (Lipinski definition) is 4. The SMILES string of the molecule is Oc1cc2c(cc1O)C(O)CN2. The predicted molar refractivity (Wildman–Crippen MR) is 43.2 cm³/mol. The van der Waals surface area contributed by atoms with E-state index in [1.54, 1.807) is 0 Å². The third-order valence-corrected chi connectivity index (χ3v) is 1.99. The quantitative estimate of drug-likeness (QED) is 0.336. The van der Waals surface area contributed by atoms with E-state index in [1.807, 2.05) is 0 Å². The standard InChI is InChI=1S/C8H9NO3/c10-6-1-4-5(2-7(6)11)9-3-8(4)12/h1-2,8-12H,3H2. The third kappa shape index (κ3) is 0.887. The molecule has 1 aliphatic heterocycles. The highest BCUT2D eigenvalue weighted by molar-refractivity contribution is 5.63. The number of nitrogens with one attached hydrogen (secondary N) is 1. The molecule has 1 aliphatic rings. The zero-order valence-corrected chi connectivity index (χ0v) is 6.28. The van der Waals surface area contributed by atoms with E-state index in [-0.39, 0.29) is 11.5 Å². The van der Waals surface area contributed by atoms with E-state index in [2.05, 4.69) is 5.32 Å². The summed E-state index contributed by atoms with van der Waals surface area (Å²) < 4.78 is 0. The van der Waals surface area contributed by atoms with Gasteiger partial charge in [-0.2, -0.15) is 0 Å². The summed E-state index contributed by atoms with van der Waals surface area (Å²) in [7, 11) is 0. The number of anilines is 1. The number of aliphatic hydroxyl groups excluding tert-OH is 1. The van der Waals surface area contributed by atoms with Crippen LogP contribution in [0.25, 0.3) is 0 Å². The van der Waals surface area contributed by atoms with Crippen molar-refractivity contribution in [3.8, 4) is 11.5 Å². The molecule has 4 N–H and O–H groups in total. The van der Waals surface area contributed by atoms with Crippen molar-refractivity contribution in [2.45, 2.75) is 6.10 Å². The molecule has 0 aromatic heterocycles. The largest absolute Gasteiger partial charge is 0.504 e. The highest BCUT2D eigenvalue weighted by Gasteiger charge is 2.21. The van der Waals surface area contributed by atoms with Gasteiger partial charge in [0.25, 0.3) is 0 Å². The van der Waals surface area contributed by atoms with Gasteiger partial charge < -0.3 is 20.6 Å². The van der Waals surface area contributed by atoms with Gasteiger partial charge in [0.2, 0.25) is 0 Å². The Balaban J connectivity index is 2.56. The van der Waals surface area contributed by atoms with Crippen LogP contribution in [0.2, 0.25) is 0 Å². The number of hydrogen-bond acceptors (Lipinski definition) is 4. The number of β-amino-alcohol motifs (C(OH)–C–C–N with tert-alkyl or cyclic N) is 1. The Morgan fingerprint density at radius 2 is 1.92 bits per heavy atom. The minimum atomic E-state index is -0.591. The molecule has 0 saturated carbocycles.